The van der Waals surface area contributed by atoms with E-state index in [4.69, 9.17) is 0 Å². The first-order valence-corrected chi connectivity index (χ1v) is 11.1. The number of sulfone groups is 1. The minimum atomic E-state index is -3.57. The Morgan fingerprint density at radius 3 is 2.07 bits per heavy atom. The van der Waals surface area contributed by atoms with Crippen molar-refractivity contribution < 1.29 is 22.0 Å². The predicted molar refractivity (Wildman–Crippen MR) is 109 cm³/mol. The highest BCUT2D eigenvalue weighted by Crippen LogP contribution is 2.26. The molecule has 4 rings (SSSR count). The zero-order valence-electron chi connectivity index (χ0n) is 16.0. The standard InChI is InChI=1S/C22H20F2N2O3S/c23-17-3-1-15(2-4-17)16-13-21(25-14-16)22(27)26-11-9-20(10-12-26)30(28,29)19-7-5-18(24)6-8-19/h1-8,13-14,20,25H,9-12H2. The number of carbonyl (C=O) groups excluding carboxylic acids is 1. The molecule has 3 aromatic rings. The largest absolute Gasteiger partial charge is 0.357 e. The summed E-state index contributed by atoms with van der Waals surface area (Å²) in [6, 6.07) is 12.5. The second-order valence-corrected chi connectivity index (χ2v) is 9.53. The number of nitrogens with one attached hydrogen (secondary N) is 1. The van der Waals surface area contributed by atoms with Crippen LogP contribution in [0.25, 0.3) is 11.1 Å². The van der Waals surface area contributed by atoms with E-state index in [0.29, 0.717) is 31.6 Å². The van der Waals surface area contributed by atoms with Crippen molar-refractivity contribution in [3.8, 4) is 11.1 Å². The van der Waals surface area contributed by atoms with E-state index in [0.717, 1.165) is 23.3 Å². The third-order valence-electron chi connectivity index (χ3n) is 5.40. The fourth-order valence-electron chi connectivity index (χ4n) is 3.68. The van der Waals surface area contributed by atoms with Gasteiger partial charge in [0.2, 0.25) is 0 Å². The Morgan fingerprint density at radius 1 is 0.900 bits per heavy atom. The Balaban J connectivity index is 1.42. The average molecular weight is 430 g/mol. The third-order valence-corrected chi connectivity index (χ3v) is 7.68. The summed E-state index contributed by atoms with van der Waals surface area (Å²) in [5.41, 5.74) is 1.96. The molecule has 1 fully saturated rings. The van der Waals surface area contributed by atoms with E-state index in [-0.39, 0.29) is 16.6 Å². The average Bonchev–Trinajstić information content (AvgIpc) is 3.24. The van der Waals surface area contributed by atoms with Crippen LogP contribution in [0.5, 0.6) is 0 Å². The topological polar surface area (TPSA) is 70.2 Å². The number of likely N-dealkylation sites (tertiary alicyclic amines) is 1. The molecule has 1 aromatic heterocycles. The van der Waals surface area contributed by atoms with Crippen molar-refractivity contribution in [3.63, 3.8) is 0 Å². The summed E-state index contributed by atoms with van der Waals surface area (Å²) >= 11 is 0. The summed E-state index contributed by atoms with van der Waals surface area (Å²) in [5, 5.41) is -0.606. The number of aromatic amines is 1. The van der Waals surface area contributed by atoms with E-state index in [2.05, 4.69) is 4.98 Å². The van der Waals surface area contributed by atoms with Crippen molar-refractivity contribution in [2.45, 2.75) is 23.0 Å². The SMILES string of the molecule is O=C(c1cc(-c2ccc(F)cc2)c[nH]1)N1CCC(S(=O)(=O)c2ccc(F)cc2)CC1. The van der Waals surface area contributed by atoms with Gasteiger partial charge in [0.15, 0.2) is 9.84 Å². The molecule has 1 aliphatic heterocycles. The molecule has 2 heterocycles. The van der Waals surface area contributed by atoms with Gasteiger partial charge in [-0.1, -0.05) is 12.1 Å². The number of halogens is 2. The van der Waals surface area contributed by atoms with Crippen LogP contribution >= 0.6 is 0 Å². The lowest BCUT2D eigenvalue weighted by Gasteiger charge is -2.31. The summed E-state index contributed by atoms with van der Waals surface area (Å²) in [6.45, 7) is 0.629. The van der Waals surface area contributed by atoms with Crippen LogP contribution in [0.4, 0.5) is 8.78 Å². The minimum absolute atomic E-state index is 0.0991. The van der Waals surface area contributed by atoms with Gasteiger partial charge in [-0.05, 0) is 66.4 Å². The highest BCUT2D eigenvalue weighted by Gasteiger charge is 2.33. The van der Waals surface area contributed by atoms with Gasteiger partial charge in [0.25, 0.3) is 5.91 Å². The molecule has 0 saturated carbocycles. The Bertz CT molecular complexity index is 1150. The van der Waals surface area contributed by atoms with Crippen LogP contribution in [0, 0.1) is 11.6 Å². The van der Waals surface area contributed by atoms with Gasteiger partial charge in [0.05, 0.1) is 10.1 Å². The number of rotatable bonds is 4. The molecule has 0 aliphatic carbocycles. The van der Waals surface area contributed by atoms with E-state index in [9.17, 15) is 22.0 Å². The third kappa shape index (κ3) is 4.00. The van der Waals surface area contributed by atoms with Crippen LogP contribution in [0.3, 0.4) is 0 Å². The number of carbonyl (C=O) groups is 1. The van der Waals surface area contributed by atoms with Crippen molar-refractivity contribution in [3.05, 3.63) is 78.1 Å². The molecule has 0 radical (unpaired) electrons. The first-order chi connectivity index (χ1) is 14.3. The number of aromatic nitrogens is 1. The van der Waals surface area contributed by atoms with Crippen molar-refractivity contribution in [2.24, 2.45) is 0 Å². The van der Waals surface area contributed by atoms with Gasteiger partial charge in [0.1, 0.15) is 17.3 Å². The molecule has 1 N–H and O–H groups in total. The maximum Gasteiger partial charge on any atom is 0.270 e. The first-order valence-electron chi connectivity index (χ1n) is 9.58. The van der Waals surface area contributed by atoms with Crippen LogP contribution in [0.2, 0.25) is 0 Å². The zero-order chi connectivity index (χ0) is 21.3. The number of piperidine rings is 1. The lowest BCUT2D eigenvalue weighted by molar-refractivity contribution is 0.0720. The lowest BCUT2D eigenvalue weighted by Crippen LogP contribution is -2.42. The van der Waals surface area contributed by atoms with Crippen molar-refractivity contribution in [2.75, 3.05) is 13.1 Å². The predicted octanol–water partition coefficient (Wildman–Crippen LogP) is 4.04. The summed E-state index contributed by atoms with van der Waals surface area (Å²) < 4.78 is 51.7. The molecule has 0 bridgehead atoms. The number of benzene rings is 2. The van der Waals surface area contributed by atoms with E-state index in [1.54, 1.807) is 29.3 Å². The van der Waals surface area contributed by atoms with Crippen LogP contribution in [0.1, 0.15) is 23.3 Å². The van der Waals surface area contributed by atoms with Gasteiger partial charge in [-0.15, -0.1) is 0 Å². The molecule has 0 atom stereocenters. The maximum absolute atomic E-state index is 13.1. The van der Waals surface area contributed by atoms with Gasteiger partial charge in [-0.2, -0.15) is 0 Å². The van der Waals surface area contributed by atoms with Crippen molar-refractivity contribution in [1.82, 2.24) is 9.88 Å². The second-order valence-electron chi connectivity index (χ2n) is 7.30. The van der Waals surface area contributed by atoms with Gasteiger partial charge < -0.3 is 9.88 Å². The lowest BCUT2D eigenvalue weighted by atomic mass is 10.1. The molecule has 1 aliphatic rings. The summed E-state index contributed by atoms with van der Waals surface area (Å²) in [4.78, 5) is 17.5. The monoisotopic (exact) mass is 430 g/mol. The molecule has 156 valence electrons. The van der Waals surface area contributed by atoms with Crippen molar-refractivity contribution >= 4 is 15.7 Å². The van der Waals surface area contributed by atoms with E-state index >= 15 is 0 Å². The van der Waals surface area contributed by atoms with Crippen LogP contribution < -0.4 is 0 Å². The highest BCUT2D eigenvalue weighted by molar-refractivity contribution is 7.92. The fourth-order valence-corrected chi connectivity index (χ4v) is 5.41. The molecule has 8 heteroatoms. The van der Waals surface area contributed by atoms with Crippen LogP contribution in [0.15, 0.2) is 65.7 Å². The maximum atomic E-state index is 13.1. The number of amides is 1. The molecule has 1 amide bonds. The molecule has 5 nitrogen and oxygen atoms in total. The number of nitrogens with zero attached hydrogens (tertiary/aromatic N) is 1. The summed E-state index contributed by atoms with van der Waals surface area (Å²) in [6.07, 6.45) is 2.32. The smallest absolute Gasteiger partial charge is 0.270 e. The molecular formula is C22H20F2N2O3S. The molecule has 2 aromatic carbocycles. The molecule has 0 unspecified atom stereocenters. The summed E-state index contributed by atoms with van der Waals surface area (Å²) in [7, 11) is -3.57. The number of hydrogen-bond acceptors (Lipinski definition) is 3. The van der Waals surface area contributed by atoms with Gasteiger partial charge >= 0.3 is 0 Å². The number of H-pyrrole nitrogens is 1. The summed E-state index contributed by atoms with van der Waals surface area (Å²) in [5.74, 6) is -1.02. The molecule has 1 saturated heterocycles. The second kappa shape index (κ2) is 8.02. The van der Waals surface area contributed by atoms with E-state index < -0.39 is 20.9 Å². The van der Waals surface area contributed by atoms with Gasteiger partial charge in [-0.25, -0.2) is 17.2 Å². The first kappa shape index (κ1) is 20.3. The molecule has 0 spiro atoms. The minimum Gasteiger partial charge on any atom is -0.357 e. The Hall–Kier alpha value is -3.00. The van der Waals surface area contributed by atoms with Crippen LogP contribution in [-0.2, 0) is 9.84 Å². The zero-order valence-corrected chi connectivity index (χ0v) is 16.8. The number of hydrogen-bond donors (Lipinski definition) is 1. The van der Waals surface area contributed by atoms with Crippen molar-refractivity contribution in [1.29, 1.82) is 0 Å². The molecular weight excluding hydrogens is 410 g/mol. The van der Waals surface area contributed by atoms with Gasteiger partial charge in [-0.3, -0.25) is 4.79 Å². The Morgan fingerprint density at radius 2 is 1.47 bits per heavy atom. The van der Waals surface area contributed by atoms with E-state index in [1.165, 1.54) is 24.3 Å². The van der Waals surface area contributed by atoms with Gasteiger partial charge in [0, 0.05) is 19.3 Å². The van der Waals surface area contributed by atoms with E-state index in [1.807, 2.05) is 0 Å². The quantitative estimate of drug-likeness (QED) is 0.635. The van der Waals surface area contributed by atoms with Crippen LogP contribution in [-0.4, -0.2) is 42.5 Å². The Kier molecular flexibility index (Phi) is 5.42. The molecule has 30 heavy (non-hydrogen) atoms. The fraction of sp³-hybridized carbons (Fsp3) is 0.227. The normalized spacial score (nSPS) is 15.3. The highest BCUT2D eigenvalue weighted by atomic mass is 32.2. The Labute approximate surface area is 173 Å².